The van der Waals surface area contributed by atoms with Gasteiger partial charge >= 0.3 is 6.09 Å². The quantitative estimate of drug-likeness (QED) is 0.317. The van der Waals surface area contributed by atoms with Gasteiger partial charge in [-0.25, -0.2) is 4.79 Å². The lowest BCUT2D eigenvalue weighted by Gasteiger charge is -2.20. The third-order valence-corrected chi connectivity index (χ3v) is 5.04. The number of benzene rings is 1. The fourth-order valence-electron chi connectivity index (χ4n) is 2.58. The van der Waals surface area contributed by atoms with Crippen molar-refractivity contribution in [2.24, 2.45) is 0 Å². The van der Waals surface area contributed by atoms with E-state index in [9.17, 15) is 14.9 Å². The van der Waals surface area contributed by atoms with Gasteiger partial charge in [0.15, 0.2) is 0 Å². The van der Waals surface area contributed by atoms with Crippen LogP contribution in [0.2, 0.25) is 0 Å². The van der Waals surface area contributed by atoms with Crippen LogP contribution in [0.4, 0.5) is 15.5 Å². The third kappa shape index (κ3) is 4.41. The number of nitrogens with zero attached hydrogens (tertiary/aromatic N) is 3. The van der Waals surface area contributed by atoms with Gasteiger partial charge in [0.2, 0.25) is 0 Å². The lowest BCUT2D eigenvalue weighted by Crippen LogP contribution is -2.30. The number of rotatable bonds is 7. The molecule has 0 radical (unpaired) electrons. The van der Waals surface area contributed by atoms with E-state index in [4.69, 9.17) is 4.74 Å². The highest BCUT2D eigenvalue weighted by molar-refractivity contribution is 7.19. The van der Waals surface area contributed by atoms with Gasteiger partial charge in [-0.15, -0.1) is 11.3 Å². The van der Waals surface area contributed by atoms with Crippen molar-refractivity contribution >= 4 is 28.1 Å². The standard InChI is InChI=1S/C20H17N3O4S/c1-2-13-27-20(24)22(14-16-5-3-4-6-17(16)23(25)26)19-8-7-18(28-19)15-9-11-21-12-10-15/h2-12H,1,13-14H2. The molecule has 0 saturated carbocycles. The summed E-state index contributed by atoms with van der Waals surface area (Å²) < 4.78 is 5.19. The fourth-order valence-corrected chi connectivity index (χ4v) is 3.58. The van der Waals surface area contributed by atoms with Crippen LogP contribution in [0.3, 0.4) is 0 Å². The number of nitro groups is 1. The highest BCUT2D eigenvalue weighted by atomic mass is 32.1. The predicted molar refractivity (Wildman–Crippen MR) is 108 cm³/mol. The Bertz CT molecular complexity index is 988. The van der Waals surface area contributed by atoms with Gasteiger partial charge in [-0.2, -0.15) is 0 Å². The van der Waals surface area contributed by atoms with E-state index < -0.39 is 11.0 Å². The number of nitro benzene ring substituents is 1. The van der Waals surface area contributed by atoms with E-state index in [0.717, 1.165) is 10.4 Å². The molecule has 142 valence electrons. The Labute approximate surface area is 165 Å². The summed E-state index contributed by atoms with van der Waals surface area (Å²) in [4.78, 5) is 29.8. The zero-order chi connectivity index (χ0) is 19.9. The monoisotopic (exact) mass is 395 g/mol. The molecule has 8 heteroatoms. The van der Waals surface area contributed by atoms with Crippen molar-refractivity contribution in [3.8, 4) is 10.4 Å². The maximum absolute atomic E-state index is 12.6. The van der Waals surface area contributed by atoms with Crippen molar-refractivity contribution in [3.63, 3.8) is 0 Å². The summed E-state index contributed by atoms with van der Waals surface area (Å²) in [5.41, 5.74) is 1.34. The van der Waals surface area contributed by atoms with E-state index in [1.54, 1.807) is 36.7 Å². The van der Waals surface area contributed by atoms with Crippen LogP contribution in [0.25, 0.3) is 10.4 Å². The number of para-hydroxylation sites is 1. The third-order valence-electron chi connectivity index (χ3n) is 3.88. The number of carbonyl (C=O) groups excluding carboxylic acids is 1. The van der Waals surface area contributed by atoms with Crippen LogP contribution in [0.15, 0.2) is 73.6 Å². The minimum Gasteiger partial charge on any atom is -0.445 e. The van der Waals surface area contributed by atoms with E-state index in [2.05, 4.69) is 11.6 Å². The second-order valence-electron chi connectivity index (χ2n) is 5.71. The van der Waals surface area contributed by atoms with Crippen LogP contribution in [0, 0.1) is 10.1 Å². The minimum atomic E-state index is -0.596. The van der Waals surface area contributed by atoms with Crippen LogP contribution >= 0.6 is 11.3 Å². The predicted octanol–water partition coefficient (Wildman–Crippen LogP) is 5.05. The number of thiophene rings is 1. The molecule has 0 aliphatic carbocycles. The molecule has 0 N–H and O–H groups in total. The van der Waals surface area contributed by atoms with Crippen molar-refractivity contribution in [2.75, 3.05) is 11.5 Å². The molecule has 7 nitrogen and oxygen atoms in total. The number of hydrogen-bond donors (Lipinski definition) is 0. The van der Waals surface area contributed by atoms with Crippen molar-refractivity contribution < 1.29 is 14.5 Å². The molecule has 2 heterocycles. The number of amides is 1. The smallest absolute Gasteiger partial charge is 0.415 e. The first-order valence-electron chi connectivity index (χ1n) is 8.38. The van der Waals surface area contributed by atoms with E-state index in [-0.39, 0.29) is 18.8 Å². The second kappa shape index (κ2) is 8.92. The summed E-state index contributed by atoms with van der Waals surface area (Å²) in [7, 11) is 0. The molecule has 0 bridgehead atoms. The number of carbonyl (C=O) groups is 1. The average molecular weight is 395 g/mol. The molecular weight excluding hydrogens is 378 g/mol. The molecule has 0 fully saturated rings. The van der Waals surface area contributed by atoms with Gasteiger partial charge in [0.05, 0.1) is 11.5 Å². The normalized spacial score (nSPS) is 10.3. The Morgan fingerprint density at radius 3 is 2.68 bits per heavy atom. The zero-order valence-corrected chi connectivity index (χ0v) is 15.7. The van der Waals surface area contributed by atoms with Crippen LogP contribution in [0.5, 0.6) is 0 Å². The Balaban J connectivity index is 1.94. The Hall–Kier alpha value is -3.52. The highest BCUT2D eigenvalue weighted by Crippen LogP contribution is 2.35. The lowest BCUT2D eigenvalue weighted by atomic mass is 10.1. The number of pyridine rings is 1. The van der Waals surface area contributed by atoms with Crippen molar-refractivity contribution in [1.29, 1.82) is 0 Å². The summed E-state index contributed by atoms with van der Waals surface area (Å²) in [5, 5.41) is 11.9. The van der Waals surface area contributed by atoms with Crippen LogP contribution in [-0.4, -0.2) is 22.6 Å². The fraction of sp³-hybridized carbons (Fsp3) is 0.100. The molecule has 0 aliphatic rings. The largest absolute Gasteiger partial charge is 0.445 e. The maximum atomic E-state index is 12.6. The summed E-state index contributed by atoms with van der Waals surface area (Å²) >= 11 is 1.39. The summed E-state index contributed by atoms with van der Waals surface area (Å²) in [6, 6.07) is 13.8. The van der Waals surface area contributed by atoms with Crippen LogP contribution < -0.4 is 4.90 Å². The molecule has 1 amide bonds. The molecule has 0 unspecified atom stereocenters. The van der Waals surface area contributed by atoms with Gasteiger partial charge in [0, 0.05) is 28.9 Å². The zero-order valence-electron chi connectivity index (χ0n) is 14.9. The average Bonchev–Trinajstić information content (AvgIpc) is 3.21. The molecule has 2 aromatic heterocycles. The van der Waals surface area contributed by atoms with Crippen molar-refractivity contribution in [3.05, 3.63) is 89.3 Å². The molecule has 0 atom stereocenters. The van der Waals surface area contributed by atoms with Gasteiger partial charge in [-0.05, 0) is 29.8 Å². The van der Waals surface area contributed by atoms with Gasteiger partial charge in [-0.3, -0.25) is 20.0 Å². The summed E-state index contributed by atoms with van der Waals surface area (Å²) in [5.74, 6) is 0. The van der Waals surface area contributed by atoms with Crippen molar-refractivity contribution in [2.45, 2.75) is 6.54 Å². The maximum Gasteiger partial charge on any atom is 0.415 e. The molecule has 0 spiro atoms. The minimum absolute atomic E-state index is 0.0173. The first-order chi connectivity index (χ1) is 13.6. The molecule has 28 heavy (non-hydrogen) atoms. The SMILES string of the molecule is C=CCOC(=O)N(Cc1ccccc1[N+](=O)[O-])c1ccc(-c2ccncc2)s1. The van der Waals surface area contributed by atoms with E-state index in [1.165, 1.54) is 28.4 Å². The molecule has 3 aromatic rings. The van der Waals surface area contributed by atoms with Crippen LogP contribution in [0.1, 0.15) is 5.56 Å². The van der Waals surface area contributed by atoms with E-state index in [1.807, 2.05) is 18.2 Å². The number of aromatic nitrogens is 1. The molecule has 3 rings (SSSR count). The van der Waals surface area contributed by atoms with Crippen molar-refractivity contribution in [1.82, 2.24) is 4.98 Å². The summed E-state index contributed by atoms with van der Waals surface area (Å²) in [6.07, 6.45) is 4.26. The Kier molecular flexibility index (Phi) is 6.13. The molecule has 0 saturated heterocycles. The van der Waals surface area contributed by atoms with E-state index >= 15 is 0 Å². The Morgan fingerprint density at radius 1 is 1.21 bits per heavy atom. The van der Waals surface area contributed by atoms with Gasteiger partial charge in [0.25, 0.3) is 5.69 Å². The topological polar surface area (TPSA) is 85.6 Å². The first-order valence-corrected chi connectivity index (χ1v) is 9.19. The molecule has 0 aliphatic heterocycles. The number of anilines is 1. The lowest BCUT2D eigenvalue weighted by molar-refractivity contribution is -0.385. The second-order valence-corrected chi connectivity index (χ2v) is 6.77. The van der Waals surface area contributed by atoms with E-state index in [0.29, 0.717) is 10.6 Å². The first kappa shape index (κ1) is 19.2. The van der Waals surface area contributed by atoms with Crippen LogP contribution in [-0.2, 0) is 11.3 Å². The molecular formula is C20H17N3O4S. The van der Waals surface area contributed by atoms with Gasteiger partial charge < -0.3 is 4.74 Å². The van der Waals surface area contributed by atoms with Gasteiger partial charge in [-0.1, -0.05) is 30.9 Å². The highest BCUT2D eigenvalue weighted by Gasteiger charge is 2.23. The molecule has 1 aromatic carbocycles. The number of ether oxygens (including phenoxy) is 1. The number of hydrogen-bond acceptors (Lipinski definition) is 6. The summed E-state index contributed by atoms with van der Waals surface area (Å²) in [6.45, 7) is 3.61. The van der Waals surface area contributed by atoms with Gasteiger partial charge in [0.1, 0.15) is 11.6 Å². The Morgan fingerprint density at radius 2 is 1.96 bits per heavy atom.